The van der Waals surface area contributed by atoms with Crippen LogP contribution in [0.1, 0.15) is 32.8 Å². The van der Waals surface area contributed by atoms with Crippen LogP contribution < -0.4 is 0 Å². The van der Waals surface area contributed by atoms with Crippen LogP contribution in [0.4, 0.5) is 0 Å². The molecule has 3 nitrogen and oxygen atoms in total. The predicted molar refractivity (Wildman–Crippen MR) is 91.4 cm³/mol. The number of nitrogens with zero attached hydrogens (tertiary/aromatic N) is 1. The van der Waals surface area contributed by atoms with Crippen molar-refractivity contribution in [2.45, 2.75) is 39.8 Å². The number of hydrogen-bond acceptors (Lipinski definition) is 2. The Kier molecular flexibility index (Phi) is 5.57. The zero-order valence-electron chi connectivity index (χ0n) is 13.3. The maximum Gasteiger partial charge on any atom is 0.251 e. The lowest BCUT2D eigenvalue weighted by atomic mass is 9.91. The highest BCUT2D eigenvalue weighted by atomic mass is 79.9. The van der Waals surface area contributed by atoms with Gasteiger partial charge in [-0.25, -0.2) is 0 Å². The Hall–Kier alpha value is -1.42. The summed E-state index contributed by atoms with van der Waals surface area (Å²) in [5, 5.41) is 0. The van der Waals surface area contributed by atoms with Gasteiger partial charge in [-0.05, 0) is 18.4 Å². The number of carbonyl (C=O) groups excluding carboxylic acids is 2. The van der Waals surface area contributed by atoms with E-state index in [-0.39, 0.29) is 23.8 Å². The summed E-state index contributed by atoms with van der Waals surface area (Å²) < 4.78 is 0.923. The minimum atomic E-state index is -0.0366. The maximum atomic E-state index is 12.9. The van der Waals surface area contributed by atoms with Crippen molar-refractivity contribution in [3.63, 3.8) is 0 Å². The Balaban J connectivity index is 2.35. The minimum absolute atomic E-state index is 0.0270. The molecule has 0 bridgehead atoms. The Morgan fingerprint density at radius 1 is 1.32 bits per heavy atom. The van der Waals surface area contributed by atoms with Crippen molar-refractivity contribution >= 4 is 28.1 Å². The molecule has 2 rings (SSSR count). The summed E-state index contributed by atoms with van der Waals surface area (Å²) in [4.78, 5) is 25.8. The number of hydrogen-bond donors (Lipinski definition) is 0. The van der Waals surface area contributed by atoms with Crippen molar-refractivity contribution in [1.82, 2.24) is 4.90 Å². The molecule has 1 aromatic rings. The van der Waals surface area contributed by atoms with Crippen molar-refractivity contribution in [3.8, 4) is 0 Å². The smallest absolute Gasteiger partial charge is 0.251 e. The quantitative estimate of drug-likeness (QED) is 0.587. The molecule has 0 spiro atoms. The monoisotopic (exact) mass is 363 g/mol. The molecule has 2 atom stereocenters. The number of halogens is 1. The summed E-state index contributed by atoms with van der Waals surface area (Å²) in [6.45, 7) is 6.71. The van der Waals surface area contributed by atoms with Crippen LogP contribution >= 0.6 is 15.9 Å². The maximum absolute atomic E-state index is 12.9. The van der Waals surface area contributed by atoms with Crippen LogP contribution in [0.3, 0.4) is 0 Å². The molecule has 1 aliphatic heterocycles. The van der Waals surface area contributed by atoms with Gasteiger partial charge in [-0.1, -0.05) is 60.1 Å². The van der Waals surface area contributed by atoms with E-state index in [4.69, 9.17) is 0 Å². The van der Waals surface area contributed by atoms with E-state index in [9.17, 15) is 9.59 Å². The van der Waals surface area contributed by atoms with Gasteiger partial charge in [-0.2, -0.15) is 0 Å². The minimum Gasteiger partial charge on any atom is -0.331 e. The number of benzene rings is 1. The fourth-order valence-corrected chi connectivity index (χ4v) is 3.42. The second-order valence-electron chi connectivity index (χ2n) is 6.08. The van der Waals surface area contributed by atoms with E-state index >= 15 is 0 Å². The van der Waals surface area contributed by atoms with Gasteiger partial charge in [0, 0.05) is 35.0 Å². The van der Waals surface area contributed by atoms with Gasteiger partial charge in [0.05, 0.1) is 0 Å². The molecule has 1 saturated heterocycles. The molecule has 0 aromatic heterocycles. The number of carbonyl (C=O) groups is 2. The first-order valence-corrected chi connectivity index (χ1v) is 8.44. The normalized spacial score (nSPS) is 24.0. The van der Waals surface area contributed by atoms with E-state index in [0.29, 0.717) is 13.0 Å². The van der Waals surface area contributed by atoms with Crippen molar-refractivity contribution in [2.24, 2.45) is 11.8 Å². The Bertz CT molecular complexity index is 580. The molecule has 118 valence electrons. The largest absolute Gasteiger partial charge is 0.331 e. The van der Waals surface area contributed by atoms with E-state index in [2.05, 4.69) is 15.9 Å². The number of aldehydes is 1. The molecular weight excluding hydrogens is 342 g/mol. The van der Waals surface area contributed by atoms with Crippen molar-refractivity contribution in [2.75, 3.05) is 0 Å². The number of allylic oxidation sites excluding steroid dienone is 1. The molecule has 1 aliphatic rings. The summed E-state index contributed by atoms with van der Waals surface area (Å²) in [5.41, 5.74) is 1.88. The van der Waals surface area contributed by atoms with E-state index in [1.54, 1.807) is 0 Å². The summed E-state index contributed by atoms with van der Waals surface area (Å²) >= 11 is 3.58. The van der Waals surface area contributed by atoms with Crippen LogP contribution in [-0.4, -0.2) is 23.1 Å². The molecular formula is C18H22BrNO2. The molecule has 1 amide bonds. The molecule has 0 N–H and O–H groups in total. The second-order valence-corrected chi connectivity index (χ2v) is 6.94. The zero-order valence-corrected chi connectivity index (χ0v) is 14.8. The van der Waals surface area contributed by atoms with Crippen molar-refractivity contribution < 1.29 is 9.59 Å². The van der Waals surface area contributed by atoms with E-state index in [1.807, 2.05) is 56.0 Å². The highest BCUT2D eigenvalue weighted by Crippen LogP contribution is 2.39. The Labute approximate surface area is 140 Å². The van der Waals surface area contributed by atoms with Crippen LogP contribution in [0, 0.1) is 11.8 Å². The standard InChI is InChI=1S/C18H22BrNO2/c1-12(2)17(19)16-15(9-10-21)13(3)20(18(16)22)11-14-7-5-4-6-8-14/h4-8,10,12-13,15H,9,11H2,1-3H3/b17-16-/t13-,15-/m0/s1. The van der Waals surface area contributed by atoms with Crippen LogP contribution in [-0.2, 0) is 16.1 Å². The summed E-state index contributed by atoms with van der Waals surface area (Å²) in [7, 11) is 0. The third kappa shape index (κ3) is 3.32. The van der Waals surface area contributed by atoms with Gasteiger partial charge in [-0.15, -0.1) is 0 Å². The Morgan fingerprint density at radius 2 is 1.95 bits per heavy atom. The van der Waals surface area contributed by atoms with E-state index < -0.39 is 0 Å². The zero-order chi connectivity index (χ0) is 16.3. The lowest BCUT2D eigenvalue weighted by Crippen LogP contribution is -2.32. The van der Waals surface area contributed by atoms with E-state index in [0.717, 1.165) is 21.9 Å². The predicted octanol–water partition coefficient (Wildman–Crippen LogP) is 3.93. The number of amides is 1. The molecule has 4 heteroatoms. The third-order valence-electron chi connectivity index (χ3n) is 4.25. The molecule has 0 aliphatic carbocycles. The molecule has 1 aromatic carbocycles. The van der Waals surface area contributed by atoms with Gasteiger partial charge >= 0.3 is 0 Å². The van der Waals surface area contributed by atoms with Gasteiger partial charge < -0.3 is 9.69 Å². The first kappa shape index (κ1) is 16.9. The lowest BCUT2D eigenvalue weighted by molar-refractivity contribution is -0.126. The fraction of sp³-hybridized carbons (Fsp3) is 0.444. The summed E-state index contributed by atoms with van der Waals surface area (Å²) in [6.07, 6.45) is 1.30. The molecule has 0 saturated carbocycles. The van der Waals surface area contributed by atoms with Gasteiger partial charge in [0.2, 0.25) is 0 Å². The molecule has 1 fully saturated rings. The molecule has 0 unspecified atom stereocenters. The SMILES string of the molecule is CC(C)/C(Br)=C1/C(=O)N(Cc2ccccc2)[C@@H](C)[C@@H]1CC=O. The van der Waals surface area contributed by atoms with Crippen LogP contribution in [0.15, 0.2) is 40.4 Å². The van der Waals surface area contributed by atoms with Crippen LogP contribution in [0.5, 0.6) is 0 Å². The fourth-order valence-electron chi connectivity index (χ4n) is 2.96. The Morgan fingerprint density at radius 3 is 2.50 bits per heavy atom. The van der Waals surface area contributed by atoms with Gasteiger partial charge in [-0.3, -0.25) is 4.79 Å². The van der Waals surface area contributed by atoms with Crippen molar-refractivity contribution in [1.29, 1.82) is 0 Å². The molecule has 22 heavy (non-hydrogen) atoms. The third-order valence-corrected chi connectivity index (χ3v) is 5.59. The average molecular weight is 364 g/mol. The van der Waals surface area contributed by atoms with Gasteiger partial charge in [0.1, 0.15) is 6.29 Å². The van der Waals surface area contributed by atoms with E-state index in [1.165, 1.54) is 0 Å². The van der Waals surface area contributed by atoms with Crippen molar-refractivity contribution in [3.05, 3.63) is 46.0 Å². The first-order valence-electron chi connectivity index (χ1n) is 7.65. The van der Waals surface area contributed by atoms with Gasteiger partial charge in [0.15, 0.2) is 0 Å². The number of rotatable bonds is 5. The molecule has 0 radical (unpaired) electrons. The van der Waals surface area contributed by atoms with Crippen LogP contribution in [0.2, 0.25) is 0 Å². The van der Waals surface area contributed by atoms with Gasteiger partial charge in [0.25, 0.3) is 5.91 Å². The average Bonchev–Trinajstić information content (AvgIpc) is 2.73. The highest BCUT2D eigenvalue weighted by Gasteiger charge is 2.42. The second kappa shape index (κ2) is 7.23. The first-order chi connectivity index (χ1) is 10.5. The highest BCUT2D eigenvalue weighted by molar-refractivity contribution is 9.11. The lowest BCUT2D eigenvalue weighted by Gasteiger charge is -2.23. The topological polar surface area (TPSA) is 37.4 Å². The van der Waals surface area contributed by atoms with Crippen LogP contribution in [0.25, 0.3) is 0 Å². The summed E-state index contributed by atoms with van der Waals surface area (Å²) in [6, 6.07) is 9.99. The number of likely N-dealkylation sites (tertiary alicyclic amines) is 1. The molecule has 1 heterocycles. The summed E-state index contributed by atoms with van der Waals surface area (Å²) in [5.74, 6) is 0.242.